The van der Waals surface area contributed by atoms with Crippen molar-refractivity contribution < 1.29 is 21.1 Å². The molecule has 0 atom stereocenters. The van der Waals surface area contributed by atoms with Gasteiger partial charge in [-0.1, -0.05) is 169 Å². The molecule has 3 nitrogen and oxygen atoms in total. The van der Waals surface area contributed by atoms with Gasteiger partial charge in [0.2, 0.25) is 0 Å². The third-order valence-electron chi connectivity index (χ3n) is 13.5. The summed E-state index contributed by atoms with van der Waals surface area (Å²) in [6, 6.07) is 93.2. The number of aromatic nitrogens is 3. The van der Waals surface area contributed by atoms with Crippen LogP contribution in [0.2, 0.25) is 0 Å². The molecule has 0 radical (unpaired) electrons. The molecule has 0 aliphatic carbocycles. The molecule has 0 saturated carbocycles. The average Bonchev–Trinajstić information content (AvgIpc) is 4.01. The molecule has 312 valence electrons. The molecular weight excluding hydrogens is 987 g/mol. The zero-order chi connectivity index (χ0) is 42.2. The van der Waals surface area contributed by atoms with Crippen LogP contribution in [0.4, 0.5) is 0 Å². The van der Waals surface area contributed by atoms with Crippen LogP contribution in [0, 0.1) is 13.5 Å². The molecular formula is C61H43N3SiW. The molecule has 13 aromatic rings. The molecule has 0 aliphatic heterocycles. The van der Waals surface area contributed by atoms with Crippen molar-refractivity contribution in [3.8, 4) is 17.1 Å². The van der Waals surface area contributed by atoms with Crippen molar-refractivity contribution in [1.29, 1.82) is 0 Å². The average molecular weight is 1030 g/mol. The number of benzene rings is 10. The molecule has 0 saturated heterocycles. The quantitative estimate of drug-likeness (QED) is 0.0858. The van der Waals surface area contributed by atoms with E-state index in [1.54, 1.807) is 0 Å². The first-order valence-corrected chi connectivity index (χ1v) is 24.0. The molecule has 0 N–H and O–H groups in total. The fourth-order valence-corrected chi connectivity index (χ4v) is 15.6. The predicted molar refractivity (Wildman–Crippen MR) is 278 cm³/mol. The van der Waals surface area contributed by atoms with Gasteiger partial charge in [0, 0.05) is 44.1 Å². The Balaban J connectivity index is 0.00000241. The Kier molecular flexibility index (Phi) is 10.3. The first-order valence-electron chi connectivity index (χ1n) is 22.0. The number of nitrogens with zero attached hydrogens (tertiary/aromatic N) is 3. The van der Waals surface area contributed by atoms with E-state index in [0.29, 0.717) is 0 Å². The van der Waals surface area contributed by atoms with E-state index in [1.807, 2.05) is 6.07 Å². The summed E-state index contributed by atoms with van der Waals surface area (Å²) in [5, 5.41) is 12.8. The molecule has 0 fully saturated rings. The molecule has 10 aromatic carbocycles. The predicted octanol–water partition coefficient (Wildman–Crippen LogP) is 12.6. The van der Waals surface area contributed by atoms with E-state index < -0.39 is 8.07 Å². The summed E-state index contributed by atoms with van der Waals surface area (Å²) in [5.74, 6) is 0. The van der Waals surface area contributed by atoms with Gasteiger partial charge in [-0.2, -0.15) is 24.3 Å². The van der Waals surface area contributed by atoms with Crippen LogP contribution in [0.25, 0.3) is 82.5 Å². The topological polar surface area (TPSA) is 14.8 Å². The molecule has 13 rings (SSSR count). The smallest absolute Gasteiger partial charge is 0.358 e. The van der Waals surface area contributed by atoms with E-state index in [2.05, 4.69) is 256 Å². The maximum atomic E-state index is 3.65. The summed E-state index contributed by atoms with van der Waals surface area (Å²) in [6.45, 7) is 0. The zero-order valence-electron chi connectivity index (χ0n) is 36.3. The van der Waals surface area contributed by atoms with E-state index in [4.69, 9.17) is 0 Å². The van der Waals surface area contributed by atoms with Crippen molar-refractivity contribution in [2.45, 2.75) is 0 Å². The van der Waals surface area contributed by atoms with E-state index in [9.17, 15) is 0 Å². The van der Waals surface area contributed by atoms with Crippen molar-refractivity contribution in [1.82, 2.24) is 13.7 Å². The van der Waals surface area contributed by atoms with Gasteiger partial charge in [0.15, 0.2) is 8.07 Å². The number of hydrogen-bond donors (Lipinski definition) is 0. The van der Waals surface area contributed by atoms with Gasteiger partial charge in [-0.15, -0.1) is 5.39 Å². The molecule has 3 aromatic heterocycles. The second-order valence-corrected chi connectivity index (χ2v) is 20.6. The van der Waals surface area contributed by atoms with Crippen molar-refractivity contribution >= 4 is 94.2 Å². The van der Waals surface area contributed by atoms with Gasteiger partial charge in [0.25, 0.3) is 0 Å². The first-order chi connectivity index (χ1) is 31.8. The normalized spacial score (nSPS) is 11.7. The van der Waals surface area contributed by atoms with Gasteiger partial charge in [0.1, 0.15) is 0 Å². The summed E-state index contributed by atoms with van der Waals surface area (Å²) in [5.41, 5.74) is 10.4. The zero-order valence-corrected chi connectivity index (χ0v) is 40.3. The van der Waals surface area contributed by atoms with Crippen LogP contribution in [0.3, 0.4) is 0 Å². The molecule has 0 amide bonds. The van der Waals surface area contributed by atoms with Gasteiger partial charge in [-0.3, -0.25) is 0 Å². The van der Waals surface area contributed by atoms with Crippen LogP contribution in [0.15, 0.2) is 243 Å². The van der Waals surface area contributed by atoms with Gasteiger partial charge in [-0.25, -0.2) is 0 Å². The number of fused-ring (bicyclic) bond motifs is 9. The largest absolute Gasteiger partial charge is 2.00 e. The van der Waals surface area contributed by atoms with Crippen LogP contribution >= 0.6 is 0 Å². The van der Waals surface area contributed by atoms with Gasteiger partial charge >= 0.3 is 21.1 Å². The minimum Gasteiger partial charge on any atom is -0.358 e. The minimum absolute atomic E-state index is 0. The second-order valence-electron chi connectivity index (χ2n) is 16.8. The fraction of sp³-hybridized carbons (Fsp3) is 0. The standard InChI is InChI=1S/C60H40N3Si.CH3.W/c1-4-20-45(21-5-1)64(46-22-6-2-7-23-46,47-24-8-3-9-25-47)48-26-18-19-42(39-48)61-58-34-17-13-30-52(58)54-40-43(36-38-59(54)61)63-57-33-16-12-29-51(57)53-37-35-44(41-60(53)63)62-55-31-14-10-27-49(55)50-28-11-15-32-56(50)62;;/h1-32,34-41H;1H3;/q2*-1;+2. The Morgan fingerprint density at radius 1 is 0.288 bits per heavy atom. The molecule has 0 bridgehead atoms. The van der Waals surface area contributed by atoms with Crippen LogP contribution in [-0.4, -0.2) is 21.8 Å². The number of hydrogen-bond acceptors (Lipinski definition) is 0. The summed E-state index contributed by atoms with van der Waals surface area (Å²) in [4.78, 5) is 0. The molecule has 66 heavy (non-hydrogen) atoms. The third-order valence-corrected chi connectivity index (χ3v) is 18.3. The van der Waals surface area contributed by atoms with E-state index in [-0.39, 0.29) is 28.5 Å². The van der Waals surface area contributed by atoms with Crippen molar-refractivity contribution in [3.05, 3.63) is 256 Å². The van der Waals surface area contributed by atoms with Gasteiger partial charge in [0.05, 0.1) is 22.1 Å². The Morgan fingerprint density at radius 3 is 1.29 bits per heavy atom. The second kappa shape index (κ2) is 16.5. The molecule has 0 aliphatic rings. The summed E-state index contributed by atoms with van der Waals surface area (Å²) in [7, 11) is -2.75. The SMILES string of the molecule is [CH3-].[W+2].[c-]1cccc2c3ccc(-n4c5ccccc5c5ccccc54)cc3n(-c3ccc4c(c3)c3ccccc3n4-c3cccc([Si](c4ccccc4)(c4ccccc4)c4ccccc4)c3)c12. The van der Waals surface area contributed by atoms with E-state index in [0.717, 1.165) is 28.1 Å². The summed E-state index contributed by atoms with van der Waals surface area (Å²) >= 11 is 0. The van der Waals surface area contributed by atoms with Gasteiger partial charge < -0.3 is 21.1 Å². The van der Waals surface area contributed by atoms with Crippen LogP contribution in [0.5, 0.6) is 0 Å². The maximum Gasteiger partial charge on any atom is 2.00 e. The maximum absolute atomic E-state index is 3.65. The molecule has 3 heterocycles. The first kappa shape index (κ1) is 41.2. The van der Waals surface area contributed by atoms with Crippen LogP contribution in [-0.2, 0) is 21.1 Å². The van der Waals surface area contributed by atoms with Crippen LogP contribution < -0.4 is 20.7 Å². The van der Waals surface area contributed by atoms with Crippen molar-refractivity contribution in [2.75, 3.05) is 0 Å². The Hall–Kier alpha value is -7.49. The Bertz CT molecular complexity index is 3750. The van der Waals surface area contributed by atoms with Crippen molar-refractivity contribution in [3.63, 3.8) is 0 Å². The summed E-state index contributed by atoms with van der Waals surface area (Å²) in [6.07, 6.45) is 0. The Labute approximate surface area is 399 Å². The van der Waals surface area contributed by atoms with Gasteiger partial charge in [-0.05, 0) is 86.8 Å². The fourth-order valence-electron chi connectivity index (χ4n) is 10.8. The van der Waals surface area contributed by atoms with E-state index >= 15 is 0 Å². The molecule has 0 unspecified atom stereocenters. The third kappa shape index (κ3) is 6.13. The summed E-state index contributed by atoms with van der Waals surface area (Å²) < 4.78 is 7.29. The monoisotopic (exact) mass is 1030 g/mol. The molecule has 0 spiro atoms. The van der Waals surface area contributed by atoms with Crippen molar-refractivity contribution in [2.24, 2.45) is 0 Å². The number of rotatable bonds is 7. The van der Waals surface area contributed by atoms with Crippen LogP contribution in [0.1, 0.15) is 0 Å². The number of para-hydroxylation sites is 4. The minimum atomic E-state index is -2.75. The van der Waals surface area contributed by atoms with E-state index in [1.165, 1.54) is 75.1 Å². The Morgan fingerprint density at radius 2 is 0.712 bits per heavy atom. The molecule has 5 heteroatoms.